The zero-order chi connectivity index (χ0) is 44.9. The van der Waals surface area contributed by atoms with Crippen molar-refractivity contribution in [3.05, 3.63) is 157 Å². The van der Waals surface area contributed by atoms with E-state index in [1.807, 2.05) is 133 Å². The average molecular weight is 883 g/mol. The SMILES string of the molecule is O=C(NCCCN1CCOCC1)c1cnn2c(-c3ccccc3)cc(-c3ccccc3)nc12.O=C(NCCCN1CCOCC1)c1cnn2c(-c3ccccc3)cc(-c3ccccc3)nc12. The predicted octanol–water partition coefficient (Wildman–Crippen LogP) is 7.03. The summed E-state index contributed by atoms with van der Waals surface area (Å²) in [7, 11) is 0. The van der Waals surface area contributed by atoms with Crippen LogP contribution in [-0.2, 0) is 9.47 Å². The Morgan fingerprint density at radius 3 is 1.20 bits per heavy atom. The van der Waals surface area contributed by atoms with Crippen molar-refractivity contribution in [1.29, 1.82) is 0 Å². The number of hydrogen-bond donors (Lipinski definition) is 2. The monoisotopic (exact) mass is 882 g/mol. The highest BCUT2D eigenvalue weighted by Gasteiger charge is 2.21. The second-order valence-corrected chi connectivity index (χ2v) is 16.2. The molecule has 4 aromatic heterocycles. The number of nitrogens with zero attached hydrogens (tertiary/aromatic N) is 8. The highest BCUT2D eigenvalue weighted by atomic mass is 16.5. The number of benzene rings is 4. The molecule has 0 bridgehead atoms. The van der Waals surface area contributed by atoms with E-state index >= 15 is 0 Å². The minimum absolute atomic E-state index is 0.149. The Hall–Kier alpha value is -7.10. The Kier molecular flexibility index (Phi) is 14.5. The summed E-state index contributed by atoms with van der Waals surface area (Å²) in [5.74, 6) is -0.299. The van der Waals surface area contributed by atoms with E-state index in [0.717, 1.165) is 124 Å². The second kappa shape index (κ2) is 21.7. The van der Waals surface area contributed by atoms with Gasteiger partial charge in [-0.1, -0.05) is 121 Å². The number of carbonyl (C=O) groups excluding carboxylic acids is 2. The van der Waals surface area contributed by atoms with Crippen LogP contribution in [0.1, 0.15) is 33.6 Å². The number of amides is 2. The van der Waals surface area contributed by atoms with Crippen LogP contribution in [0.3, 0.4) is 0 Å². The van der Waals surface area contributed by atoms with Crippen molar-refractivity contribution in [3.63, 3.8) is 0 Å². The molecule has 66 heavy (non-hydrogen) atoms. The Bertz CT molecular complexity index is 2630. The summed E-state index contributed by atoms with van der Waals surface area (Å²) < 4.78 is 14.3. The third-order valence-electron chi connectivity index (χ3n) is 11.8. The minimum Gasteiger partial charge on any atom is -0.379 e. The van der Waals surface area contributed by atoms with Crippen molar-refractivity contribution in [2.75, 3.05) is 78.8 Å². The smallest absolute Gasteiger partial charge is 0.256 e. The first-order valence-corrected chi connectivity index (χ1v) is 22.7. The molecule has 0 saturated carbocycles. The fourth-order valence-corrected chi connectivity index (χ4v) is 8.24. The third kappa shape index (κ3) is 10.7. The maximum absolute atomic E-state index is 13.0. The summed E-state index contributed by atoms with van der Waals surface area (Å²) in [6, 6.07) is 44.2. The summed E-state index contributed by atoms with van der Waals surface area (Å²) in [5.41, 5.74) is 9.51. The van der Waals surface area contributed by atoms with Gasteiger partial charge in [0.1, 0.15) is 11.1 Å². The van der Waals surface area contributed by atoms with E-state index in [9.17, 15) is 9.59 Å². The summed E-state index contributed by atoms with van der Waals surface area (Å²) in [5, 5.41) is 15.1. The second-order valence-electron chi connectivity index (χ2n) is 16.2. The molecule has 336 valence electrons. The van der Waals surface area contributed by atoms with Crippen LogP contribution in [-0.4, -0.2) is 130 Å². The number of fused-ring (bicyclic) bond motifs is 2. The zero-order valence-corrected chi connectivity index (χ0v) is 37.0. The topological polar surface area (TPSA) is 144 Å². The summed E-state index contributed by atoms with van der Waals surface area (Å²) in [6.07, 6.45) is 5.01. The standard InChI is InChI=1S/2C26H27N5O2/c2*32-26(27-12-7-13-30-14-16-33-17-15-30)22-19-28-31-24(21-10-5-2-6-11-21)18-23(29-25(22)31)20-8-3-1-4-9-20/h2*1-6,8-11,18-19H,7,12-17H2,(H,27,32). The molecule has 10 rings (SSSR count). The fraction of sp³-hybridized carbons (Fsp3) is 0.269. The van der Waals surface area contributed by atoms with Crippen LogP contribution >= 0.6 is 0 Å². The number of aromatic nitrogens is 6. The number of hydrogen-bond acceptors (Lipinski definition) is 10. The van der Waals surface area contributed by atoms with Crippen molar-refractivity contribution >= 4 is 23.1 Å². The quantitative estimate of drug-likeness (QED) is 0.109. The van der Waals surface area contributed by atoms with Gasteiger partial charge >= 0.3 is 0 Å². The largest absolute Gasteiger partial charge is 0.379 e. The van der Waals surface area contributed by atoms with Crippen molar-refractivity contribution in [3.8, 4) is 45.0 Å². The molecule has 2 aliphatic rings. The van der Waals surface area contributed by atoms with Crippen LogP contribution in [0.25, 0.3) is 56.3 Å². The molecule has 0 aliphatic carbocycles. The molecule has 4 aromatic carbocycles. The molecule has 2 fully saturated rings. The lowest BCUT2D eigenvalue weighted by Crippen LogP contribution is -2.38. The van der Waals surface area contributed by atoms with Crippen LogP contribution < -0.4 is 10.6 Å². The highest BCUT2D eigenvalue weighted by Crippen LogP contribution is 2.29. The zero-order valence-electron chi connectivity index (χ0n) is 37.0. The Morgan fingerprint density at radius 1 is 0.485 bits per heavy atom. The molecule has 2 saturated heterocycles. The number of carbonyl (C=O) groups is 2. The molecule has 2 aliphatic heterocycles. The van der Waals surface area contributed by atoms with E-state index in [4.69, 9.17) is 19.4 Å². The lowest BCUT2D eigenvalue weighted by molar-refractivity contribution is 0.0373. The van der Waals surface area contributed by atoms with E-state index < -0.39 is 0 Å². The molecule has 14 heteroatoms. The number of rotatable bonds is 14. The summed E-state index contributed by atoms with van der Waals surface area (Å²) >= 11 is 0. The van der Waals surface area contributed by atoms with Crippen LogP contribution in [0.15, 0.2) is 146 Å². The molecule has 6 heterocycles. The maximum Gasteiger partial charge on any atom is 0.256 e. The Balaban J connectivity index is 0.000000166. The minimum atomic E-state index is -0.149. The molecular weight excluding hydrogens is 829 g/mol. The van der Waals surface area contributed by atoms with E-state index in [1.165, 1.54) is 0 Å². The van der Waals surface area contributed by atoms with Gasteiger partial charge in [-0.05, 0) is 38.1 Å². The van der Waals surface area contributed by atoms with Gasteiger partial charge in [0.05, 0.1) is 61.6 Å². The first kappa shape index (κ1) is 44.1. The molecule has 0 radical (unpaired) electrons. The average Bonchev–Trinajstić information content (AvgIpc) is 4.03. The molecule has 14 nitrogen and oxygen atoms in total. The van der Waals surface area contributed by atoms with Gasteiger partial charge in [-0.3, -0.25) is 19.4 Å². The first-order chi connectivity index (χ1) is 32.6. The lowest BCUT2D eigenvalue weighted by atomic mass is 10.1. The summed E-state index contributed by atoms with van der Waals surface area (Å²) in [6.45, 7) is 10.1. The van der Waals surface area contributed by atoms with E-state index in [1.54, 1.807) is 21.4 Å². The van der Waals surface area contributed by atoms with Crippen LogP contribution in [0.2, 0.25) is 0 Å². The van der Waals surface area contributed by atoms with Crippen molar-refractivity contribution in [1.82, 2.24) is 49.6 Å². The van der Waals surface area contributed by atoms with Crippen LogP contribution in [0, 0.1) is 0 Å². The van der Waals surface area contributed by atoms with Crippen LogP contribution in [0.4, 0.5) is 0 Å². The van der Waals surface area contributed by atoms with Crippen molar-refractivity contribution in [2.24, 2.45) is 0 Å². The number of nitrogens with one attached hydrogen (secondary N) is 2. The first-order valence-electron chi connectivity index (χ1n) is 22.7. The van der Waals surface area contributed by atoms with E-state index in [-0.39, 0.29) is 11.8 Å². The van der Waals surface area contributed by atoms with Gasteiger partial charge in [0.25, 0.3) is 11.8 Å². The molecule has 0 unspecified atom stereocenters. The molecule has 0 spiro atoms. The normalized spacial score (nSPS) is 14.4. The molecule has 0 atom stereocenters. The lowest BCUT2D eigenvalue weighted by Gasteiger charge is -2.26. The molecular formula is C52H54N10O4. The predicted molar refractivity (Wildman–Crippen MR) is 256 cm³/mol. The number of ether oxygens (including phenoxy) is 2. The van der Waals surface area contributed by atoms with Crippen LogP contribution in [0.5, 0.6) is 0 Å². The fourth-order valence-electron chi connectivity index (χ4n) is 8.24. The van der Waals surface area contributed by atoms with Gasteiger partial charge in [-0.2, -0.15) is 10.2 Å². The van der Waals surface area contributed by atoms with E-state index in [0.29, 0.717) is 35.5 Å². The Labute approximate surface area is 384 Å². The molecule has 2 N–H and O–H groups in total. The summed E-state index contributed by atoms with van der Waals surface area (Å²) in [4.78, 5) is 40.5. The van der Waals surface area contributed by atoms with Gasteiger partial charge in [-0.25, -0.2) is 19.0 Å². The van der Waals surface area contributed by atoms with Gasteiger partial charge in [0, 0.05) is 61.5 Å². The van der Waals surface area contributed by atoms with Gasteiger partial charge in [-0.15, -0.1) is 0 Å². The maximum atomic E-state index is 13.0. The number of morpholine rings is 2. The highest BCUT2D eigenvalue weighted by molar-refractivity contribution is 6.01. The van der Waals surface area contributed by atoms with E-state index in [2.05, 4.69) is 30.6 Å². The van der Waals surface area contributed by atoms with Gasteiger partial charge in [0.15, 0.2) is 11.3 Å². The Morgan fingerprint density at radius 2 is 0.833 bits per heavy atom. The van der Waals surface area contributed by atoms with Gasteiger partial charge in [0.2, 0.25) is 0 Å². The van der Waals surface area contributed by atoms with Crippen molar-refractivity contribution < 1.29 is 19.1 Å². The van der Waals surface area contributed by atoms with Gasteiger partial charge < -0.3 is 20.1 Å². The van der Waals surface area contributed by atoms with Crippen molar-refractivity contribution in [2.45, 2.75) is 12.8 Å². The molecule has 2 amide bonds. The third-order valence-corrected chi connectivity index (χ3v) is 11.8. The molecule has 8 aromatic rings.